The zero-order valence-electron chi connectivity index (χ0n) is 7.25. The molecule has 0 saturated carbocycles. The summed E-state index contributed by atoms with van der Waals surface area (Å²) in [4.78, 5) is 4.06. The van der Waals surface area contributed by atoms with Crippen molar-refractivity contribution in [1.29, 1.82) is 5.26 Å². The lowest BCUT2D eigenvalue weighted by Crippen LogP contribution is -1.96. The molecule has 1 heterocycles. The van der Waals surface area contributed by atoms with Crippen molar-refractivity contribution in [3.63, 3.8) is 0 Å². The van der Waals surface area contributed by atoms with E-state index in [0.717, 1.165) is 10.2 Å². The number of pyridine rings is 1. The van der Waals surface area contributed by atoms with Gasteiger partial charge in [0, 0.05) is 6.20 Å². The Labute approximate surface area is 85.5 Å². The number of nitrogens with zero attached hydrogens (tertiary/aromatic N) is 2. The molecule has 0 aliphatic carbocycles. The van der Waals surface area contributed by atoms with Crippen LogP contribution in [0.5, 0.6) is 5.75 Å². The average molecular weight is 241 g/mol. The number of hydrogen-bond acceptors (Lipinski definition) is 3. The van der Waals surface area contributed by atoms with Crippen molar-refractivity contribution in [2.75, 3.05) is 6.61 Å². The van der Waals surface area contributed by atoms with Crippen LogP contribution < -0.4 is 4.74 Å². The highest BCUT2D eigenvalue weighted by atomic mass is 79.9. The van der Waals surface area contributed by atoms with E-state index in [1.165, 1.54) is 0 Å². The Morgan fingerprint density at radius 2 is 2.46 bits per heavy atom. The fourth-order valence-corrected chi connectivity index (χ4v) is 1.42. The normalized spacial score (nSPS) is 9.31. The highest BCUT2D eigenvalue weighted by Crippen LogP contribution is 2.27. The molecule has 0 aliphatic rings. The first-order valence-corrected chi connectivity index (χ1v) is 4.72. The summed E-state index contributed by atoms with van der Waals surface area (Å²) in [5.74, 6) is 0.739. The predicted molar refractivity (Wildman–Crippen MR) is 52.4 cm³/mol. The molecule has 1 aromatic heterocycles. The van der Waals surface area contributed by atoms with Gasteiger partial charge in [-0.05, 0) is 28.9 Å². The Bertz CT molecular complexity index is 333. The van der Waals surface area contributed by atoms with E-state index in [1.807, 2.05) is 13.0 Å². The SMILES string of the molecule is CCOc1ccnc(CC#N)c1Br. The zero-order valence-corrected chi connectivity index (χ0v) is 8.84. The summed E-state index contributed by atoms with van der Waals surface area (Å²) in [6.07, 6.45) is 1.93. The van der Waals surface area contributed by atoms with Gasteiger partial charge in [0.1, 0.15) is 5.75 Å². The number of rotatable bonds is 3. The van der Waals surface area contributed by atoms with Gasteiger partial charge >= 0.3 is 0 Å². The first-order chi connectivity index (χ1) is 6.29. The van der Waals surface area contributed by atoms with E-state index in [1.54, 1.807) is 12.3 Å². The van der Waals surface area contributed by atoms with E-state index >= 15 is 0 Å². The molecule has 0 fully saturated rings. The summed E-state index contributed by atoms with van der Waals surface area (Å²) in [6.45, 7) is 2.52. The third-order valence-corrected chi connectivity index (χ3v) is 2.32. The van der Waals surface area contributed by atoms with Gasteiger partial charge in [-0.2, -0.15) is 5.26 Å². The summed E-state index contributed by atoms with van der Waals surface area (Å²) >= 11 is 3.34. The second-order valence-corrected chi connectivity index (χ2v) is 3.13. The fourth-order valence-electron chi connectivity index (χ4n) is 0.932. The fraction of sp³-hybridized carbons (Fsp3) is 0.333. The molecule has 13 heavy (non-hydrogen) atoms. The molecule has 0 unspecified atom stereocenters. The van der Waals surface area contributed by atoms with Gasteiger partial charge in [-0.15, -0.1) is 0 Å². The number of hydrogen-bond donors (Lipinski definition) is 0. The largest absolute Gasteiger partial charge is 0.493 e. The molecule has 0 saturated heterocycles. The second-order valence-electron chi connectivity index (χ2n) is 2.34. The van der Waals surface area contributed by atoms with Crippen molar-refractivity contribution in [1.82, 2.24) is 4.98 Å². The quantitative estimate of drug-likeness (QED) is 0.815. The minimum absolute atomic E-state index is 0.293. The topological polar surface area (TPSA) is 45.9 Å². The second kappa shape index (κ2) is 4.83. The molecule has 0 aliphatic heterocycles. The Hall–Kier alpha value is -1.08. The molecule has 0 N–H and O–H groups in total. The molecule has 0 amide bonds. The van der Waals surface area contributed by atoms with Crippen molar-refractivity contribution < 1.29 is 4.74 Å². The van der Waals surface area contributed by atoms with Crippen LogP contribution in [0.1, 0.15) is 12.6 Å². The van der Waals surface area contributed by atoms with E-state index < -0.39 is 0 Å². The van der Waals surface area contributed by atoms with Gasteiger partial charge < -0.3 is 4.74 Å². The number of nitriles is 1. The lowest BCUT2D eigenvalue weighted by molar-refractivity contribution is 0.337. The molecule has 1 rings (SSSR count). The van der Waals surface area contributed by atoms with Crippen LogP contribution in [0.2, 0.25) is 0 Å². The smallest absolute Gasteiger partial charge is 0.136 e. The number of aromatic nitrogens is 1. The summed E-state index contributed by atoms with van der Waals surface area (Å²) in [5, 5.41) is 8.51. The Morgan fingerprint density at radius 3 is 3.08 bits per heavy atom. The molecule has 1 aromatic rings. The molecule has 0 atom stereocenters. The Balaban J connectivity index is 2.97. The van der Waals surface area contributed by atoms with Crippen LogP contribution >= 0.6 is 15.9 Å². The third kappa shape index (κ3) is 2.43. The zero-order chi connectivity index (χ0) is 9.68. The molecule has 4 heteroatoms. The maximum Gasteiger partial charge on any atom is 0.136 e. The highest BCUT2D eigenvalue weighted by molar-refractivity contribution is 9.10. The van der Waals surface area contributed by atoms with Crippen LogP contribution in [0.15, 0.2) is 16.7 Å². The number of halogens is 1. The molecule has 0 radical (unpaired) electrons. The van der Waals surface area contributed by atoms with Crippen molar-refractivity contribution in [3.8, 4) is 11.8 Å². The van der Waals surface area contributed by atoms with Crippen LogP contribution in [0.25, 0.3) is 0 Å². The molecule has 3 nitrogen and oxygen atoms in total. The monoisotopic (exact) mass is 240 g/mol. The van der Waals surface area contributed by atoms with Crippen LogP contribution in [-0.2, 0) is 6.42 Å². The summed E-state index contributed by atoms with van der Waals surface area (Å²) in [6, 6.07) is 3.82. The maximum atomic E-state index is 8.51. The highest BCUT2D eigenvalue weighted by Gasteiger charge is 2.06. The summed E-state index contributed by atoms with van der Waals surface area (Å²) in [7, 11) is 0. The van der Waals surface area contributed by atoms with E-state index in [-0.39, 0.29) is 0 Å². The van der Waals surface area contributed by atoms with Gasteiger partial charge in [-0.1, -0.05) is 0 Å². The molecule has 0 bridgehead atoms. The van der Waals surface area contributed by atoms with Gasteiger partial charge in [-0.3, -0.25) is 4.98 Å². The molecule has 68 valence electrons. The van der Waals surface area contributed by atoms with Gasteiger partial charge in [-0.25, -0.2) is 0 Å². The average Bonchev–Trinajstić information content (AvgIpc) is 2.13. The van der Waals surface area contributed by atoms with Crippen LogP contribution in [-0.4, -0.2) is 11.6 Å². The van der Waals surface area contributed by atoms with E-state index in [4.69, 9.17) is 10.00 Å². The van der Waals surface area contributed by atoms with Crippen molar-refractivity contribution in [2.45, 2.75) is 13.3 Å². The minimum atomic E-state index is 0.293. The first kappa shape index (κ1) is 10.0. The molecular formula is C9H9BrN2O. The van der Waals surface area contributed by atoms with Gasteiger partial charge in [0.2, 0.25) is 0 Å². The van der Waals surface area contributed by atoms with Crippen LogP contribution in [0.3, 0.4) is 0 Å². The van der Waals surface area contributed by atoms with E-state index in [9.17, 15) is 0 Å². The third-order valence-electron chi connectivity index (χ3n) is 1.47. The molecule has 0 spiro atoms. The van der Waals surface area contributed by atoms with E-state index in [0.29, 0.717) is 18.7 Å². The Morgan fingerprint density at radius 1 is 1.69 bits per heavy atom. The van der Waals surface area contributed by atoms with Gasteiger partial charge in [0.15, 0.2) is 0 Å². The van der Waals surface area contributed by atoms with Crippen molar-refractivity contribution >= 4 is 15.9 Å². The standard InChI is InChI=1S/C9H9BrN2O/c1-2-13-8-4-6-12-7(3-5-11)9(8)10/h4,6H,2-3H2,1H3. The van der Waals surface area contributed by atoms with E-state index in [2.05, 4.69) is 20.9 Å². The first-order valence-electron chi connectivity index (χ1n) is 3.92. The molecular weight excluding hydrogens is 232 g/mol. The van der Waals surface area contributed by atoms with Crippen molar-refractivity contribution in [2.24, 2.45) is 0 Å². The number of ether oxygens (including phenoxy) is 1. The lowest BCUT2D eigenvalue weighted by Gasteiger charge is -2.06. The maximum absolute atomic E-state index is 8.51. The minimum Gasteiger partial charge on any atom is -0.493 e. The predicted octanol–water partition coefficient (Wildman–Crippen LogP) is 2.31. The van der Waals surface area contributed by atoms with Crippen LogP contribution in [0, 0.1) is 11.3 Å². The lowest BCUT2D eigenvalue weighted by atomic mass is 10.3. The summed E-state index contributed by atoms with van der Waals surface area (Å²) < 4.78 is 6.10. The summed E-state index contributed by atoms with van der Waals surface area (Å²) in [5.41, 5.74) is 0.716. The van der Waals surface area contributed by atoms with Crippen molar-refractivity contribution in [3.05, 3.63) is 22.4 Å². The van der Waals surface area contributed by atoms with Crippen LogP contribution in [0.4, 0.5) is 0 Å². The Kier molecular flexibility index (Phi) is 3.71. The van der Waals surface area contributed by atoms with Gasteiger partial charge in [0.05, 0.1) is 29.3 Å². The van der Waals surface area contributed by atoms with Gasteiger partial charge in [0.25, 0.3) is 0 Å². The molecule has 0 aromatic carbocycles.